The quantitative estimate of drug-likeness (QED) is 0.762. The summed E-state index contributed by atoms with van der Waals surface area (Å²) in [5.74, 6) is -0.355. The first-order valence-electron chi connectivity index (χ1n) is 9.30. The van der Waals surface area contributed by atoms with E-state index in [-0.39, 0.29) is 12.5 Å². The van der Waals surface area contributed by atoms with E-state index < -0.39 is 17.3 Å². The van der Waals surface area contributed by atoms with E-state index in [2.05, 4.69) is 10.6 Å². The first-order valence-corrected chi connectivity index (χ1v) is 9.30. The Hall–Kier alpha value is -2.86. The maximum atomic E-state index is 13.3. The average Bonchev–Trinajstić information content (AvgIpc) is 2.89. The number of nitrogens with one attached hydrogen (secondary N) is 2. The summed E-state index contributed by atoms with van der Waals surface area (Å²) in [5, 5.41) is 17.3. The van der Waals surface area contributed by atoms with Crippen molar-refractivity contribution < 1.29 is 14.7 Å². The van der Waals surface area contributed by atoms with Crippen LogP contribution in [-0.4, -0.2) is 27.5 Å². The lowest BCUT2D eigenvalue weighted by molar-refractivity contribution is -0.147. The van der Waals surface area contributed by atoms with Crippen molar-refractivity contribution >= 4 is 17.6 Å². The highest BCUT2D eigenvalue weighted by Gasteiger charge is 2.69. The van der Waals surface area contributed by atoms with Crippen molar-refractivity contribution in [3.63, 3.8) is 0 Å². The van der Waals surface area contributed by atoms with Gasteiger partial charge in [0.15, 0.2) is 5.54 Å². The van der Waals surface area contributed by atoms with Crippen LogP contribution in [0, 0.1) is 0 Å². The van der Waals surface area contributed by atoms with Crippen LogP contribution in [0.3, 0.4) is 0 Å². The van der Waals surface area contributed by atoms with Crippen LogP contribution >= 0.6 is 0 Å². The van der Waals surface area contributed by atoms with Crippen molar-refractivity contribution in [3.8, 4) is 0 Å². The number of hydrogen-bond donors (Lipinski definition) is 3. The van der Waals surface area contributed by atoms with Crippen LogP contribution in [0.4, 0.5) is 10.5 Å². The molecule has 2 aromatic rings. The summed E-state index contributed by atoms with van der Waals surface area (Å²) < 4.78 is 0. The molecule has 0 bridgehead atoms. The van der Waals surface area contributed by atoms with Crippen LogP contribution in [0.2, 0.25) is 0 Å². The van der Waals surface area contributed by atoms with Crippen molar-refractivity contribution in [1.82, 2.24) is 10.2 Å². The second-order valence-corrected chi connectivity index (χ2v) is 7.18. The summed E-state index contributed by atoms with van der Waals surface area (Å²) >= 11 is 0. The normalized spacial score (nSPS) is 26.2. The maximum absolute atomic E-state index is 13.3. The number of hydrogen-bond acceptors (Lipinski definition) is 3. The molecule has 2 aliphatic heterocycles. The van der Waals surface area contributed by atoms with E-state index in [1.54, 1.807) is 24.3 Å². The van der Waals surface area contributed by atoms with E-state index in [1.165, 1.54) is 4.90 Å². The van der Waals surface area contributed by atoms with Gasteiger partial charge in [-0.25, -0.2) is 4.79 Å². The van der Waals surface area contributed by atoms with Crippen molar-refractivity contribution in [2.45, 2.75) is 44.0 Å². The van der Waals surface area contributed by atoms with Crippen molar-refractivity contribution in [2.24, 2.45) is 0 Å². The lowest BCUT2D eigenvalue weighted by Gasteiger charge is -2.47. The summed E-state index contributed by atoms with van der Waals surface area (Å²) in [4.78, 5) is 27.8. The fraction of sp³-hybridized carbons (Fsp3) is 0.333. The van der Waals surface area contributed by atoms with Gasteiger partial charge in [0.25, 0.3) is 5.91 Å². The minimum atomic E-state index is -1.77. The molecule has 6 nitrogen and oxygen atoms in total. The Balaban J connectivity index is 1.86. The van der Waals surface area contributed by atoms with Crippen LogP contribution in [-0.2, 0) is 17.1 Å². The molecule has 2 heterocycles. The van der Waals surface area contributed by atoms with Gasteiger partial charge < -0.3 is 20.6 Å². The van der Waals surface area contributed by atoms with Gasteiger partial charge in [0.1, 0.15) is 0 Å². The number of fused-ring (bicyclic) bond motifs is 3. The Kier molecular flexibility index (Phi) is 4.15. The fourth-order valence-corrected chi connectivity index (χ4v) is 4.24. The first kappa shape index (κ1) is 17.5. The Morgan fingerprint density at radius 2 is 1.74 bits per heavy atom. The molecule has 1 saturated heterocycles. The second-order valence-electron chi connectivity index (χ2n) is 7.18. The second kappa shape index (κ2) is 6.39. The van der Waals surface area contributed by atoms with E-state index in [4.69, 9.17) is 0 Å². The Bertz CT molecular complexity index is 885. The van der Waals surface area contributed by atoms with Gasteiger partial charge >= 0.3 is 6.03 Å². The number of para-hydroxylation sites is 1. The summed E-state index contributed by atoms with van der Waals surface area (Å²) in [6.07, 6.45) is 1.92. The topological polar surface area (TPSA) is 81.7 Å². The highest BCUT2D eigenvalue weighted by Crippen LogP contribution is 2.50. The van der Waals surface area contributed by atoms with E-state index in [0.29, 0.717) is 24.1 Å². The van der Waals surface area contributed by atoms with E-state index in [9.17, 15) is 14.7 Å². The third-order valence-corrected chi connectivity index (χ3v) is 5.61. The third-order valence-electron chi connectivity index (χ3n) is 5.61. The summed E-state index contributed by atoms with van der Waals surface area (Å²) in [6, 6.07) is 16.1. The molecule has 6 heteroatoms. The zero-order chi connectivity index (χ0) is 19.1. The smallest absolute Gasteiger partial charge is 0.321 e. The van der Waals surface area contributed by atoms with Crippen LogP contribution in [0.1, 0.15) is 37.3 Å². The van der Waals surface area contributed by atoms with Crippen LogP contribution < -0.4 is 10.6 Å². The van der Waals surface area contributed by atoms with Crippen molar-refractivity contribution in [3.05, 3.63) is 65.7 Å². The number of unbranched alkanes of at least 4 members (excludes halogenated alkanes) is 1. The predicted octanol–water partition coefficient (Wildman–Crippen LogP) is 2.94. The summed E-state index contributed by atoms with van der Waals surface area (Å²) in [5.41, 5.74) is -1.22. The number of carbonyl (C=O) groups is 2. The molecule has 0 aromatic heterocycles. The minimum absolute atomic E-state index is 0.244. The standard InChI is InChI=1S/C21H23N3O3/c1-2-3-13-20-18(25)22-17-12-8-7-11-16(17)21(20,27)23-19(26)24(20)14-15-9-5-4-6-10-15/h4-12,27H,2-3,13-14H2,1H3,(H,22,25)(H,23,26)/t20-,21-/m1/s1. The molecule has 0 aliphatic carbocycles. The van der Waals surface area contributed by atoms with E-state index in [1.807, 2.05) is 37.3 Å². The number of urea groups is 1. The van der Waals surface area contributed by atoms with Crippen molar-refractivity contribution in [1.29, 1.82) is 0 Å². The Labute approximate surface area is 158 Å². The van der Waals surface area contributed by atoms with Crippen LogP contribution in [0.5, 0.6) is 0 Å². The zero-order valence-electron chi connectivity index (χ0n) is 15.2. The Morgan fingerprint density at radius 3 is 2.48 bits per heavy atom. The molecule has 2 aliphatic rings. The molecule has 0 unspecified atom stereocenters. The number of carbonyl (C=O) groups excluding carboxylic acids is 2. The minimum Gasteiger partial charge on any atom is -0.364 e. The number of nitrogens with zero attached hydrogens (tertiary/aromatic N) is 1. The van der Waals surface area contributed by atoms with Crippen LogP contribution in [0.25, 0.3) is 0 Å². The van der Waals surface area contributed by atoms with Gasteiger partial charge in [0.05, 0.1) is 0 Å². The lowest BCUT2D eigenvalue weighted by atomic mass is 9.74. The highest BCUT2D eigenvalue weighted by molar-refractivity contribution is 6.07. The molecule has 2 aromatic carbocycles. The summed E-state index contributed by atoms with van der Waals surface area (Å²) in [7, 11) is 0. The highest BCUT2D eigenvalue weighted by atomic mass is 16.3. The maximum Gasteiger partial charge on any atom is 0.321 e. The monoisotopic (exact) mass is 365 g/mol. The van der Waals surface area contributed by atoms with Gasteiger partial charge in [-0.3, -0.25) is 4.79 Å². The molecular weight excluding hydrogens is 342 g/mol. The number of benzene rings is 2. The average molecular weight is 365 g/mol. The van der Waals surface area contributed by atoms with E-state index >= 15 is 0 Å². The molecule has 2 atom stereocenters. The lowest BCUT2D eigenvalue weighted by Crippen LogP contribution is -2.67. The SMILES string of the molecule is CCCC[C@@]12C(=O)Nc3ccccc3[C@]1(O)NC(=O)N2Cc1ccccc1. The molecular formula is C21H23N3O3. The zero-order valence-corrected chi connectivity index (χ0v) is 15.2. The largest absolute Gasteiger partial charge is 0.364 e. The molecule has 0 saturated carbocycles. The van der Waals surface area contributed by atoms with E-state index in [0.717, 1.165) is 12.0 Å². The third kappa shape index (κ3) is 2.44. The number of anilines is 1. The van der Waals surface area contributed by atoms with Gasteiger partial charge in [-0.15, -0.1) is 0 Å². The van der Waals surface area contributed by atoms with Crippen molar-refractivity contribution in [2.75, 3.05) is 5.32 Å². The molecule has 3 N–H and O–H groups in total. The summed E-state index contributed by atoms with van der Waals surface area (Å²) in [6.45, 7) is 2.27. The number of amides is 3. The predicted molar refractivity (Wildman–Crippen MR) is 102 cm³/mol. The number of aliphatic hydroxyl groups is 1. The molecule has 4 rings (SSSR count). The van der Waals surface area contributed by atoms with Gasteiger partial charge in [-0.2, -0.15) is 0 Å². The van der Waals surface area contributed by atoms with Gasteiger partial charge in [0.2, 0.25) is 5.72 Å². The molecule has 3 amide bonds. The molecule has 140 valence electrons. The molecule has 27 heavy (non-hydrogen) atoms. The van der Waals surface area contributed by atoms with Gasteiger partial charge in [-0.05, 0) is 18.1 Å². The fourth-order valence-electron chi connectivity index (χ4n) is 4.24. The van der Waals surface area contributed by atoms with Gasteiger partial charge in [0, 0.05) is 17.8 Å². The number of rotatable bonds is 5. The molecule has 1 fully saturated rings. The first-order chi connectivity index (χ1) is 13.0. The molecule has 0 radical (unpaired) electrons. The Morgan fingerprint density at radius 1 is 1.04 bits per heavy atom. The van der Waals surface area contributed by atoms with Gasteiger partial charge in [-0.1, -0.05) is 68.3 Å². The van der Waals surface area contributed by atoms with Crippen LogP contribution in [0.15, 0.2) is 54.6 Å². The molecule has 0 spiro atoms.